The molecule has 0 bridgehead atoms. The molecular formula is C16H10ClN3O3. The van der Waals surface area contributed by atoms with Crippen LogP contribution in [0.2, 0.25) is 5.02 Å². The van der Waals surface area contributed by atoms with E-state index in [0.29, 0.717) is 16.4 Å². The predicted octanol–water partition coefficient (Wildman–Crippen LogP) is 3.17. The standard InChI is InChI=1S/C16H10ClN3O3/c17-12-6-4-10(5-7-12)8-14-16(21)19-15(18-14)11-2-1-3-13(9-11)20(22)23/h1-9H,(H,18,19,21). The molecule has 1 aliphatic heterocycles. The lowest BCUT2D eigenvalue weighted by Gasteiger charge is -1.99. The Morgan fingerprint density at radius 2 is 1.91 bits per heavy atom. The zero-order chi connectivity index (χ0) is 16.4. The first-order valence-electron chi connectivity index (χ1n) is 6.65. The molecule has 0 fully saturated rings. The van der Waals surface area contributed by atoms with Crippen molar-refractivity contribution in [2.24, 2.45) is 4.99 Å². The summed E-state index contributed by atoms with van der Waals surface area (Å²) in [7, 11) is 0. The first kappa shape index (κ1) is 14.9. The molecule has 1 N–H and O–H groups in total. The van der Waals surface area contributed by atoms with E-state index in [4.69, 9.17) is 11.6 Å². The van der Waals surface area contributed by atoms with Crippen LogP contribution in [0.5, 0.6) is 0 Å². The van der Waals surface area contributed by atoms with Gasteiger partial charge in [0.1, 0.15) is 11.5 Å². The fourth-order valence-corrected chi connectivity index (χ4v) is 2.21. The number of hydrogen-bond acceptors (Lipinski definition) is 4. The van der Waals surface area contributed by atoms with Gasteiger partial charge in [-0.25, -0.2) is 4.99 Å². The Morgan fingerprint density at radius 1 is 1.17 bits per heavy atom. The maximum Gasteiger partial charge on any atom is 0.275 e. The lowest BCUT2D eigenvalue weighted by molar-refractivity contribution is -0.384. The number of carbonyl (C=O) groups excluding carboxylic acids is 1. The SMILES string of the molecule is O=C1NC(c2cccc([N+](=O)[O-])c2)=NC1=Cc1ccc(Cl)cc1. The molecular weight excluding hydrogens is 318 g/mol. The van der Waals surface area contributed by atoms with Gasteiger partial charge < -0.3 is 5.32 Å². The van der Waals surface area contributed by atoms with Crippen LogP contribution in [0.25, 0.3) is 6.08 Å². The van der Waals surface area contributed by atoms with E-state index in [-0.39, 0.29) is 17.3 Å². The van der Waals surface area contributed by atoms with Gasteiger partial charge in [0, 0.05) is 22.7 Å². The van der Waals surface area contributed by atoms with Crippen molar-refractivity contribution in [3.05, 3.63) is 80.5 Å². The minimum Gasteiger partial charge on any atom is -0.305 e. The summed E-state index contributed by atoms with van der Waals surface area (Å²) in [6, 6.07) is 12.9. The lowest BCUT2D eigenvalue weighted by Crippen LogP contribution is -2.24. The smallest absolute Gasteiger partial charge is 0.275 e. The molecule has 0 aliphatic carbocycles. The zero-order valence-electron chi connectivity index (χ0n) is 11.7. The molecule has 1 amide bonds. The maximum atomic E-state index is 12.0. The van der Waals surface area contributed by atoms with Crippen molar-refractivity contribution in [2.75, 3.05) is 0 Å². The molecule has 3 rings (SSSR count). The second kappa shape index (κ2) is 6.02. The van der Waals surface area contributed by atoms with Crippen molar-refractivity contribution in [1.29, 1.82) is 0 Å². The molecule has 114 valence electrons. The molecule has 23 heavy (non-hydrogen) atoms. The van der Waals surface area contributed by atoms with Crippen molar-refractivity contribution < 1.29 is 9.72 Å². The lowest BCUT2D eigenvalue weighted by atomic mass is 10.2. The number of benzene rings is 2. The van der Waals surface area contributed by atoms with Crippen LogP contribution < -0.4 is 5.32 Å². The Labute approximate surface area is 136 Å². The Hall–Kier alpha value is -2.99. The molecule has 0 saturated heterocycles. The Bertz CT molecular complexity index is 857. The monoisotopic (exact) mass is 327 g/mol. The largest absolute Gasteiger partial charge is 0.305 e. The van der Waals surface area contributed by atoms with Gasteiger partial charge in [0.15, 0.2) is 0 Å². The van der Waals surface area contributed by atoms with Gasteiger partial charge in [-0.2, -0.15) is 0 Å². The van der Waals surface area contributed by atoms with Gasteiger partial charge in [0.2, 0.25) is 0 Å². The van der Waals surface area contributed by atoms with Gasteiger partial charge in [-0.15, -0.1) is 0 Å². The number of carbonyl (C=O) groups is 1. The van der Waals surface area contributed by atoms with Crippen LogP contribution in [0.1, 0.15) is 11.1 Å². The number of rotatable bonds is 3. The molecule has 0 aromatic heterocycles. The highest BCUT2D eigenvalue weighted by atomic mass is 35.5. The van der Waals surface area contributed by atoms with E-state index in [1.54, 1.807) is 42.5 Å². The van der Waals surface area contributed by atoms with Crippen molar-refractivity contribution in [1.82, 2.24) is 5.32 Å². The summed E-state index contributed by atoms with van der Waals surface area (Å²) in [6.07, 6.45) is 1.62. The molecule has 2 aromatic carbocycles. The topological polar surface area (TPSA) is 84.6 Å². The molecule has 0 saturated carbocycles. The third-order valence-electron chi connectivity index (χ3n) is 3.20. The summed E-state index contributed by atoms with van der Waals surface area (Å²) in [5, 5.41) is 14.0. The average Bonchev–Trinajstić information content (AvgIpc) is 2.91. The minimum atomic E-state index is -0.495. The van der Waals surface area contributed by atoms with Crippen molar-refractivity contribution in [3.8, 4) is 0 Å². The summed E-state index contributed by atoms with van der Waals surface area (Å²) in [6.45, 7) is 0. The number of hydrogen-bond donors (Lipinski definition) is 1. The fourth-order valence-electron chi connectivity index (χ4n) is 2.09. The number of halogens is 1. The highest BCUT2D eigenvalue weighted by Gasteiger charge is 2.22. The van der Waals surface area contributed by atoms with Crippen LogP contribution in [0, 0.1) is 10.1 Å². The van der Waals surface area contributed by atoms with Gasteiger partial charge in [0.05, 0.1) is 4.92 Å². The zero-order valence-corrected chi connectivity index (χ0v) is 12.4. The van der Waals surface area contributed by atoms with Crippen LogP contribution in [-0.4, -0.2) is 16.7 Å². The van der Waals surface area contributed by atoms with E-state index >= 15 is 0 Å². The molecule has 1 heterocycles. The Kier molecular flexibility index (Phi) is 3.91. The maximum absolute atomic E-state index is 12.0. The van der Waals surface area contributed by atoms with Crippen molar-refractivity contribution in [2.45, 2.75) is 0 Å². The predicted molar refractivity (Wildman–Crippen MR) is 87.2 cm³/mol. The molecule has 2 aromatic rings. The molecule has 0 unspecified atom stereocenters. The summed E-state index contributed by atoms with van der Waals surface area (Å²) < 4.78 is 0. The quantitative estimate of drug-likeness (QED) is 0.534. The van der Waals surface area contributed by atoms with E-state index in [1.165, 1.54) is 12.1 Å². The molecule has 0 spiro atoms. The molecule has 0 radical (unpaired) electrons. The third-order valence-corrected chi connectivity index (χ3v) is 3.45. The Balaban J connectivity index is 1.93. The summed E-state index contributed by atoms with van der Waals surface area (Å²) in [5.41, 5.74) is 1.43. The molecule has 6 nitrogen and oxygen atoms in total. The van der Waals surface area contributed by atoms with Crippen LogP contribution in [0.4, 0.5) is 5.69 Å². The number of aliphatic imine (C=N–C) groups is 1. The van der Waals surface area contributed by atoms with Gasteiger partial charge in [-0.3, -0.25) is 14.9 Å². The average molecular weight is 328 g/mol. The molecule has 7 heteroatoms. The molecule has 0 atom stereocenters. The molecule has 1 aliphatic rings. The van der Waals surface area contributed by atoms with Gasteiger partial charge in [-0.05, 0) is 23.8 Å². The van der Waals surface area contributed by atoms with Gasteiger partial charge >= 0.3 is 0 Å². The van der Waals surface area contributed by atoms with E-state index in [0.717, 1.165) is 5.56 Å². The van der Waals surface area contributed by atoms with Gasteiger partial charge in [-0.1, -0.05) is 35.9 Å². The number of nitrogens with zero attached hydrogens (tertiary/aromatic N) is 2. The van der Waals surface area contributed by atoms with Crippen LogP contribution >= 0.6 is 11.6 Å². The fraction of sp³-hybridized carbons (Fsp3) is 0. The number of non-ortho nitro benzene ring substituents is 1. The third kappa shape index (κ3) is 3.27. The van der Waals surface area contributed by atoms with Crippen LogP contribution in [0.15, 0.2) is 59.2 Å². The second-order valence-electron chi connectivity index (χ2n) is 4.80. The highest BCUT2D eigenvalue weighted by molar-refractivity contribution is 6.30. The number of amides is 1. The first-order valence-corrected chi connectivity index (χ1v) is 7.03. The van der Waals surface area contributed by atoms with Crippen molar-refractivity contribution >= 4 is 35.1 Å². The van der Waals surface area contributed by atoms with Gasteiger partial charge in [0.25, 0.3) is 11.6 Å². The van der Waals surface area contributed by atoms with E-state index in [1.807, 2.05) is 0 Å². The Morgan fingerprint density at radius 3 is 2.61 bits per heavy atom. The summed E-state index contributed by atoms with van der Waals surface area (Å²) in [5.74, 6) is -0.0691. The summed E-state index contributed by atoms with van der Waals surface area (Å²) >= 11 is 5.82. The van der Waals surface area contributed by atoms with E-state index in [2.05, 4.69) is 10.3 Å². The van der Waals surface area contributed by atoms with E-state index < -0.39 is 4.92 Å². The normalized spacial score (nSPS) is 15.4. The summed E-state index contributed by atoms with van der Waals surface area (Å²) in [4.78, 5) is 26.5. The number of nitrogens with one attached hydrogen (secondary N) is 1. The number of nitro benzene ring substituents is 1. The number of amidine groups is 1. The number of nitro groups is 1. The van der Waals surface area contributed by atoms with E-state index in [9.17, 15) is 14.9 Å². The second-order valence-corrected chi connectivity index (χ2v) is 5.24. The minimum absolute atomic E-state index is 0.0606. The first-order chi connectivity index (χ1) is 11.0. The van der Waals surface area contributed by atoms with Crippen LogP contribution in [0.3, 0.4) is 0 Å². The van der Waals surface area contributed by atoms with Crippen LogP contribution in [-0.2, 0) is 4.79 Å². The van der Waals surface area contributed by atoms with Crippen molar-refractivity contribution in [3.63, 3.8) is 0 Å². The highest BCUT2D eigenvalue weighted by Crippen LogP contribution is 2.19.